The van der Waals surface area contributed by atoms with Gasteiger partial charge in [0.05, 0.1) is 6.61 Å². The van der Waals surface area contributed by atoms with E-state index in [-0.39, 0.29) is 11.6 Å². The van der Waals surface area contributed by atoms with Crippen LogP contribution >= 0.6 is 11.6 Å². The molecule has 0 spiro atoms. The molecular weight excluding hydrogens is 272 g/mol. The first-order valence-corrected chi connectivity index (χ1v) is 6.80. The number of anilines is 1. The van der Waals surface area contributed by atoms with Gasteiger partial charge in [0.15, 0.2) is 0 Å². The quantitative estimate of drug-likeness (QED) is 0.708. The number of ether oxygens (including phenoxy) is 1. The summed E-state index contributed by atoms with van der Waals surface area (Å²) < 4.78 is 33.1. The second-order valence-corrected chi connectivity index (χ2v) is 5.14. The Morgan fingerprint density at radius 3 is 2.26 bits per heavy atom. The molecule has 0 unspecified atom stereocenters. The van der Waals surface area contributed by atoms with E-state index in [2.05, 4.69) is 0 Å². The zero-order valence-electron chi connectivity index (χ0n) is 11.5. The summed E-state index contributed by atoms with van der Waals surface area (Å²) in [5, 5.41) is 0. The zero-order valence-corrected chi connectivity index (χ0v) is 12.3. The van der Waals surface area contributed by atoms with Crippen molar-refractivity contribution >= 4 is 17.3 Å². The number of halogens is 3. The summed E-state index contributed by atoms with van der Waals surface area (Å²) in [7, 11) is 1.57. The first-order valence-electron chi connectivity index (χ1n) is 6.27. The van der Waals surface area contributed by atoms with Crippen LogP contribution < -0.4 is 4.90 Å². The van der Waals surface area contributed by atoms with Crippen LogP contribution in [0, 0.1) is 17.6 Å². The van der Waals surface area contributed by atoms with E-state index in [9.17, 15) is 8.78 Å². The molecule has 108 valence electrons. The fraction of sp³-hybridized carbons (Fsp3) is 0.571. The minimum atomic E-state index is -0.576. The lowest BCUT2D eigenvalue weighted by atomic mass is 10.1. The maximum absolute atomic E-state index is 14.0. The SMILES string of the molecule is COCCN(CC(C)C)c1c(F)cc(CCl)cc1F. The van der Waals surface area contributed by atoms with Crippen molar-refractivity contribution < 1.29 is 13.5 Å². The molecule has 1 aromatic carbocycles. The van der Waals surface area contributed by atoms with Crippen molar-refractivity contribution in [3.8, 4) is 0 Å². The molecule has 0 atom stereocenters. The molecule has 0 aliphatic carbocycles. The monoisotopic (exact) mass is 291 g/mol. The number of hydrogen-bond acceptors (Lipinski definition) is 2. The van der Waals surface area contributed by atoms with Gasteiger partial charge in [0.2, 0.25) is 0 Å². The lowest BCUT2D eigenvalue weighted by molar-refractivity contribution is 0.204. The van der Waals surface area contributed by atoms with Crippen molar-refractivity contribution in [1.82, 2.24) is 0 Å². The first-order chi connectivity index (χ1) is 8.99. The minimum Gasteiger partial charge on any atom is -0.383 e. The molecule has 1 aromatic rings. The minimum absolute atomic E-state index is 0.000355. The van der Waals surface area contributed by atoms with E-state index in [4.69, 9.17) is 16.3 Å². The van der Waals surface area contributed by atoms with E-state index in [1.807, 2.05) is 13.8 Å². The van der Waals surface area contributed by atoms with Gasteiger partial charge in [-0.15, -0.1) is 11.6 Å². The molecule has 0 N–H and O–H groups in total. The van der Waals surface area contributed by atoms with E-state index in [1.165, 1.54) is 12.1 Å². The third-order valence-corrected chi connectivity index (χ3v) is 3.01. The van der Waals surface area contributed by atoms with Gasteiger partial charge < -0.3 is 9.64 Å². The predicted molar refractivity (Wildman–Crippen MR) is 74.8 cm³/mol. The summed E-state index contributed by atoms with van der Waals surface area (Å²) in [5.41, 5.74) is 0.441. The molecule has 5 heteroatoms. The average Bonchev–Trinajstić information content (AvgIpc) is 2.33. The second-order valence-electron chi connectivity index (χ2n) is 4.87. The Bertz CT molecular complexity index is 389. The Morgan fingerprint density at radius 1 is 1.26 bits per heavy atom. The normalized spacial score (nSPS) is 11.1. The van der Waals surface area contributed by atoms with Crippen molar-refractivity contribution in [1.29, 1.82) is 0 Å². The Morgan fingerprint density at radius 2 is 1.84 bits per heavy atom. The summed E-state index contributed by atoms with van der Waals surface area (Å²) in [6.45, 7) is 5.44. The van der Waals surface area contributed by atoms with E-state index < -0.39 is 11.6 Å². The second kappa shape index (κ2) is 7.65. The smallest absolute Gasteiger partial charge is 0.149 e. The molecule has 0 amide bonds. The highest BCUT2D eigenvalue weighted by Crippen LogP contribution is 2.26. The highest BCUT2D eigenvalue weighted by atomic mass is 35.5. The first kappa shape index (κ1) is 16.2. The zero-order chi connectivity index (χ0) is 14.4. The van der Waals surface area contributed by atoms with Crippen LogP contribution in [0.4, 0.5) is 14.5 Å². The molecule has 0 saturated heterocycles. The Hall–Kier alpha value is -0.870. The molecule has 0 radical (unpaired) electrons. The van der Waals surface area contributed by atoms with Crippen LogP contribution in [0.5, 0.6) is 0 Å². The van der Waals surface area contributed by atoms with Crippen LogP contribution in [-0.2, 0) is 10.6 Å². The summed E-state index contributed by atoms with van der Waals surface area (Å²) >= 11 is 5.60. The number of alkyl halides is 1. The van der Waals surface area contributed by atoms with E-state index in [1.54, 1.807) is 12.0 Å². The Balaban J connectivity index is 3.06. The number of methoxy groups -OCH3 is 1. The van der Waals surface area contributed by atoms with Crippen LogP contribution in [-0.4, -0.2) is 26.8 Å². The van der Waals surface area contributed by atoms with Gasteiger partial charge in [-0.3, -0.25) is 0 Å². The van der Waals surface area contributed by atoms with Gasteiger partial charge in [0, 0.05) is 26.1 Å². The molecular formula is C14H20ClF2NO. The fourth-order valence-corrected chi connectivity index (χ4v) is 2.09. The summed E-state index contributed by atoms with van der Waals surface area (Å²) in [4.78, 5) is 1.68. The van der Waals surface area contributed by atoms with Gasteiger partial charge in [0.25, 0.3) is 0 Å². The standard InChI is InChI=1S/C14H20ClF2NO/c1-10(2)9-18(4-5-19-3)14-12(16)6-11(8-15)7-13(14)17/h6-7,10H,4-5,8-9H2,1-3H3. The van der Waals surface area contributed by atoms with E-state index >= 15 is 0 Å². The van der Waals surface area contributed by atoms with Gasteiger partial charge in [-0.25, -0.2) is 8.78 Å². The summed E-state index contributed by atoms with van der Waals surface area (Å²) in [5.74, 6) is -0.765. The molecule has 19 heavy (non-hydrogen) atoms. The van der Waals surface area contributed by atoms with Gasteiger partial charge in [-0.2, -0.15) is 0 Å². The van der Waals surface area contributed by atoms with Gasteiger partial charge >= 0.3 is 0 Å². The van der Waals surface area contributed by atoms with Crippen LogP contribution in [0.2, 0.25) is 0 Å². The van der Waals surface area contributed by atoms with Crippen molar-refractivity contribution in [3.63, 3.8) is 0 Å². The molecule has 2 nitrogen and oxygen atoms in total. The number of benzene rings is 1. The van der Waals surface area contributed by atoms with Gasteiger partial charge in [-0.05, 0) is 23.6 Å². The van der Waals surface area contributed by atoms with Gasteiger partial charge in [-0.1, -0.05) is 13.8 Å². The summed E-state index contributed by atoms with van der Waals surface area (Å²) in [6.07, 6.45) is 0. The Labute approximate surface area is 118 Å². The highest BCUT2D eigenvalue weighted by molar-refractivity contribution is 6.17. The highest BCUT2D eigenvalue weighted by Gasteiger charge is 2.18. The lowest BCUT2D eigenvalue weighted by Crippen LogP contribution is -2.32. The molecule has 0 heterocycles. The van der Waals surface area contributed by atoms with Crippen LogP contribution in [0.25, 0.3) is 0 Å². The third kappa shape index (κ3) is 4.62. The van der Waals surface area contributed by atoms with Crippen molar-refractivity contribution in [2.24, 2.45) is 5.92 Å². The topological polar surface area (TPSA) is 12.5 Å². The van der Waals surface area contributed by atoms with Crippen molar-refractivity contribution in [2.75, 3.05) is 31.7 Å². The maximum atomic E-state index is 14.0. The Kier molecular flexibility index (Phi) is 6.52. The fourth-order valence-electron chi connectivity index (χ4n) is 1.93. The number of hydrogen-bond donors (Lipinski definition) is 0. The molecule has 0 fully saturated rings. The molecule has 0 aliphatic rings. The van der Waals surface area contributed by atoms with Crippen LogP contribution in [0.3, 0.4) is 0 Å². The maximum Gasteiger partial charge on any atom is 0.149 e. The number of rotatable bonds is 7. The summed E-state index contributed by atoms with van der Waals surface area (Å²) in [6, 6.07) is 2.57. The number of nitrogens with zero attached hydrogens (tertiary/aromatic N) is 1. The van der Waals surface area contributed by atoms with Crippen LogP contribution in [0.1, 0.15) is 19.4 Å². The predicted octanol–water partition coefficient (Wildman–Crippen LogP) is 3.81. The van der Waals surface area contributed by atoms with E-state index in [0.29, 0.717) is 31.2 Å². The molecule has 0 bridgehead atoms. The molecule has 0 aromatic heterocycles. The average molecular weight is 292 g/mol. The van der Waals surface area contributed by atoms with E-state index in [0.717, 1.165) is 0 Å². The largest absolute Gasteiger partial charge is 0.383 e. The molecule has 0 aliphatic heterocycles. The molecule has 0 saturated carbocycles. The molecule has 1 rings (SSSR count). The lowest BCUT2D eigenvalue weighted by Gasteiger charge is -2.27. The van der Waals surface area contributed by atoms with Crippen molar-refractivity contribution in [3.05, 3.63) is 29.3 Å². The van der Waals surface area contributed by atoms with Gasteiger partial charge in [0.1, 0.15) is 17.3 Å². The van der Waals surface area contributed by atoms with Crippen molar-refractivity contribution in [2.45, 2.75) is 19.7 Å². The van der Waals surface area contributed by atoms with Crippen LogP contribution in [0.15, 0.2) is 12.1 Å². The third-order valence-electron chi connectivity index (χ3n) is 2.70.